The summed E-state index contributed by atoms with van der Waals surface area (Å²) in [7, 11) is -3.43. The van der Waals surface area contributed by atoms with Crippen LogP contribution in [0.4, 0.5) is 0 Å². The van der Waals surface area contributed by atoms with E-state index < -0.39 is 10.0 Å². The van der Waals surface area contributed by atoms with Gasteiger partial charge in [0.1, 0.15) is 0 Å². The van der Waals surface area contributed by atoms with E-state index in [-0.39, 0.29) is 6.04 Å². The second kappa shape index (κ2) is 6.24. The number of nitrogens with one attached hydrogen (secondary N) is 2. The van der Waals surface area contributed by atoms with E-state index >= 15 is 0 Å². The number of rotatable bonds is 4. The van der Waals surface area contributed by atoms with Gasteiger partial charge in [0.25, 0.3) is 0 Å². The number of aryl methyl sites for hydroxylation is 2. The highest BCUT2D eigenvalue weighted by Gasteiger charge is 2.25. The van der Waals surface area contributed by atoms with Gasteiger partial charge in [-0.3, -0.25) is 0 Å². The van der Waals surface area contributed by atoms with E-state index in [1.54, 1.807) is 6.07 Å². The second-order valence-electron chi connectivity index (χ2n) is 5.77. The van der Waals surface area contributed by atoms with Gasteiger partial charge >= 0.3 is 0 Å². The SMILES string of the molecule is Cc1ccc(S(=O)(=O)NC(C)C2CCNCC2)c(C)c1. The Morgan fingerprint density at radius 3 is 2.50 bits per heavy atom. The molecule has 0 radical (unpaired) electrons. The van der Waals surface area contributed by atoms with E-state index in [1.165, 1.54) is 0 Å². The minimum absolute atomic E-state index is 0.0252. The van der Waals surface area contributed by atoms with Crippen molar-refractivity contribution in [3.63, 3.8) is 0 Å². The average Bonchev–Trinajstić information content (AvgIpc) is 2.38. The molecule has 0 spiro atoms. The summed E-state index contributed by atoms with van der Waals surface area (Å²) in [4.78, 5) is 0.392. The van der Waals surface area contributed by atoms with Gasteiger partial charge in [0.2, 0.25) is 10.0 Å². The zero-order valence-electron chi connectivity index (χ0n) is 12.4. The third-order valence-corrected chi connectivity index (χ3v) is 5.77. The summed E-state index contributed by atoms with van der Waals surface area (Å²) in [5.41, 5.74) is 1.88. The predicted octanol–water partition coefficient (Wildman–Crippen LogP) is 1.97. The standard InChI is InChI=1S/C15H24N2O2S/c1-11-4-5-15(12(2)10-11)20(18,19)17-13(3)14-6-8-16-9-7-14/h4-5,10,13-14,16-17H,6-9H2,1-3H3. The Hall–Kier alpha value is -0.910. The summed E-state index contributed by atoms with van der Waals surface area (Å²) >= 11 is 0. The molecule has 1 fully saturated rings. The van der Waals surface area contributed by atoms with Crippen LogP contribution in [0.1, 0.15) is 30.9 Å². The van der Waals surface area contributed by atoms with E-state index in [1.807, 2.05) is 32.9 Å². The van der Waals surface area contributed by atoms with Crippen LogP contribution in [-0.2, 0) is 10.0 Å². The zero-order chi connectivity index (χ0) is 14.8. The molecule has 5 heteroatoms. The van der Waals surface area contributed by atoms with Gasteiger partial charge in [0, 0.05) is 6.04 Å². The van der Waals surface area contributed by atoms with Crippen LogP contribution in [0.3, 0.4) is 0 Å². The van der Waals surface area contributed by atoms with Crippen LogP contribution in [0.15, 0.2) is 23.1 Å². The molecule has 1 atom stereocenters. The first kappa shape index (κ1) is 15.5. The van der Waals surface area contributed by atoms with Gasteiger partial charge in [-0.05, 0) is 64.3 Å². The fraction of sp³-hybridized carbons (Fsp3) is 0.600. The highest BCUT2D eigenvalue weighted by Crippen LogP contribution is 2.20. The highest BCUT2D eigenvalue weighted by molar-refractivity contribution is 7.89. The molecule has 1 aliphatic heterocycles. The third kappa shape index (κ3) is 3.59. The topological polar surface area (TPSA) is 58.2 Å². The van der Waals surface area contributed by atoms with Crippen molar-refractivity contribution in [2.24, 2.45) is 5.92 Å². The molecule has 4 nitrogen and oxygen atoms in total. The fourth-order valence-electron chi connectivity index (χ4n) is 2.85. The molecule has 0 bridgehead atoms. The first-order valence-corrected chi connectivity index (χ1v) is 8.69. The molecule has 20 heavy (non-hydrogen) atoms. The van der Waals surface area contributed by atoms with E-state index in [0.717, 1.165) is 37.1 Å². The van der Waals surface area contributed by atoms with E-state index in [2.05, 4.69) is 10.0 Å². The normalized spacial score (nSPS) is 18.9. The van der Waals surface area contributed by atoms with Gasteiger partial charge in [0.15, 0.2) is 0 Å². The Morgan fingerprint density at radius 1 is 1.25 bits per heavy atom. The van der Waals surface area contributed by atoms with Crippen molar-refractivity contribution in [1.82, 2.24) is 10.0 Å². The molecule has 2 N–H and O–H groups in total. The maximum Gasteiger partial charge on any atom is 0.241 e. The van der Waals surface area contributed by atoms with Gasteiger partial charge in [-0.1, -0.05) is 17.7 Å². The molecule has 1 saturated heterocycles. The molecule has 1 aromatic rings. The smallest absolute Gasteiger partial charge is 0.241 e. The summed E-state index contributed by atoms with van der Waals surface area (Å²) in [6, 6.07) is 5.42. The quantitative estimate of drug-likeness (QED) is 0.893. The van der Waals surface area contributed by atoms with Crippen LogP contribution in [0.2, 0.25) is 0 Å². The number of sulfonamides is 1. The molecule has 0 amide bonds. The average molecular weight is 296 g/mol. The number of piperidine rings is 1. The Kier molecular flexibility index (Phi) is 4.83. The summed E-state index contributed by atoms with van der Waals surface area (Å²) < 4.78 is 27.8. The van der Waals surface area contributed by atoms with Gasteiger partial charge in [0.05, 0.1) is 4.90 Å². The summed E-state index contributed by atoms with van der Waals surface area (Å²) in [6.07, 6.45) is 2.05. The third-order valence-electron chi connectivity index (χ3n) is 4.05. The first-order valence-electron chi connectivity index (χ1n) is 7.20. The van der Waals surface area contributed by atoms with E-state index in [4.69, 9.17) is 0 Å². The van der Waals surface area contributed by atoms with E-state index in [9.17, 15) is 8.42 Å². The van der Waals surface area contributed by atoms with Crippen LogP contribution >= 0.6 is 0 Å². The molecule has 1 aliphatic rings. The van der Waals surface area contributed by atoms with E-state index in [0.29, 0.717) is 10.8 Å². The van der Waals surface area contributed by atoms with Crippen LogP contribution in [-0.4, -0.2) is 27.5 Å². The van der Waals surface area contributed by atoms with Crippen LogP contribution in [0, 0.1) is 19.8 Å². The summed E-state index contributed by atoms with van der Waals surface area (Å²) in [6.45, 7) is 7.73. The van der Waals surface area contributed by atoms with Gasteiger partial charge in [-0.25, -0.2) is 13.1 Å². The van der Waals surface area contributed by atoms with Crippen molar-refractivity contribution in [3.05, 3.63) is 29.3 Å². The van der Waals surface area contributed by atoms with Crippen LogP contribution in [0.5, 0.6) is 0 Å². The maximum absolute atomic E-state index is 12.5. The molecule has 0 aromatic heterocycles. The fourth-order valence-corrected chi connectivity index (χ4v) is 4.39. The number of hydrogen-bond donors (Lipinski definition) is 2. The highest BCUT2D eigenvalue weighted by atomic mass is 32.2. The second-order valence-corrected chi connectivity index (χ2v) is 7.45. The monoisotopic (exact) mass is 296 g/mol. The molecular formula is C15H24N2O2S. The molecule has 0 saturated carbocycles. The molecule has 2 rings (SSSR count). The number of hydrogen-bond acceptors (Lipinski definition) is 3. The Morgan fingerprint density at radius 2 is 1.90 bits per heavy atom. The lowest BCUT2D eigenvalue weighted by Crippen LogP contribution is -2.42. The zero-order valence-corrected chi connectivity index (χ0v) is 13.3. The molecule has 1 heterocycles. The summed E-state index contributed by atoms with van der Waals surface area (Å²) in [5.74, 6) is 0.414. The lowest BCUT2D eigenvalue weighted by atomic mass is 9.92. The van der Waals surface area contributed by atoms with Gasteiger partial charge < -0.3 is 5.32 Å². The van der Waals surface area contributed by atoms with Crippen molar-refractivity contribution in [2.45, 2.75) is 44.6 Å². The molecular weight excluding hydrogens is 272 g/mol. The van der Waals surface area contributed by atoms with Crippen molar-refractivity contribution in [2.75, 3.05) is 13.1 Å². The van der Waals surface area contributed by atoms with Crippen molar-refractivity contribution in [3.8, 4) is 0 Å². The molecule has 112 valence electrons. The number of benzene rings is 1. The Bertz CT molecular complexity index is 563. The van der Waals surface area contributed by atoms with Crippen molar-refractivity contribution >= 4 is 10.0 Å². The lowest BCUT2D eigenvalue weighted by Gasteiger charge is -2.28. The van der Waals surface area contributed by atoms with Gasteiger partial charge in [-0.15, -0.1) is 0 Å². The lowest BCUT2D eigenvalue weighted by molar-refractivity contribution is 0.316. The van der Waals surface area contributed by atoms with Crippen LogP contribution in [0.25, 0.3) is 0 Å². The molecule has 1 aromatic carbocycles. The summed E-state index contributed by atoms with van der Waals surface area (Å²) in [5, 5.41) is 3.30. The first-order chi connectivity index (χ1) is 9.40. The van der Waals surface area contributed by atoms with Crippen molar-refractivity contribution < 1.29 is 8.42 Å². The molecule has 1 unspecified atom stereocenters. The minimum Gasteiger partial charge on any atom is -0.317 e. The molecule has 0 aliphatic carbocycles. The van der Waals surface area contributed by atoms with Crippen LogP contribution < -0.4 is 10.0 Å². The van der Waals surface area contributed by atoms with Gasteiger partial charge in [-0.2, -0.15) is 0 Å². The predicted molar refractivity (Wildman–Crippen MR) is 81.3 cm³/mol. The minimum atomic E-state index is -3.43. The Labute approximate surface area is 122 Å². The Balaban J connectivity index is 2.13. The maximum atomic E-state index is 12.5. The largest absolute Gasteiger partial charge is 0.317 e. The van der Waals surface area contributed by atoms with Crippen molar-refractivity contribution in [1.29, 1.82) is 0 Å².